The third-order valence-electron chi connectivity index (χ3n) is 1.42. The molecule has 0 aliphatic heterocycles. The van der Waals surface area contributed by atoms with Crippen LogP contribution in [-0.2, 0) is 6.42 Å². The van der Waals surface area contributed by atoms with Crippen molar-refractivity contribution in [1.29, 1.82) is 0 Å². The lowest BCUT2D eigenvalue weighted by Gasteiger charge is -2.03. The van der Waals surface area contributed by atoms with Crippen LogP contribution in [0.4, 0.5) is 0 Å². The van der Waals surface area contributed by atoms with Crippen LogP contribution in [-0.4, -0.2) is 4.98 Å². The molecule has 1 rings (SSSR count). The van der Waals surface area contributed by atoms with Gasteiger partial charge in [0, 0.05) is 17.3 Å². The molecule has 0 radical (unpaired) electrons. The van der Waals surface area contributed by atoms with E-state index in [2.05, 4.69) is 37.5 Å². The molecule has 0 N–H and O–H groups in total. The Bertz CT molecular complexity index is 233. The summed E-state index contributed by atoms with van der Waals surface area (Å²) in [6, 6.07) is 2.07. The smallest absolute Gasteiger partial charge is 0.0401 e. The van der Waals surface area contributed by atoms with E-state index in [9.17, 15) is 0 Å². The largest absolute Gasteiger partial charge is 0.263 e. The van der Waals surface area contributed by atoms with Gasteiger partial charge in [-0.1, -0.05) is 13.8 Å². The van der Waals surface area contributed by atoms with Crippen molar-refractivity contribution in [1.82, 2.24) is 4.98 Å². The molecule has 60 valence electrons. The van der Waals surface area contributed by atoms with Gasteiger partial charge in [-0.3, -0.25) is 4.98 Å². The Morgan fingerprint density at radius 3 is 2.73 bits per heavy atom. The maximum absolute atomic E-state index is 4.21. The minimum absolute atomic E-state index is 0.687. The molecule has 0 spiro atoms. The maximum atomic E-state index is 4.21. The number of pyridine rings is 1. The van der Waals surface area contributed by atoms with Crippen molar-refractivity contribution in [2.45, 2.75) is 25.2 Å². The van der Waals surface area contributed by atoms with Crippen LogP contribution in [0.15, 0.2) is 23.4 Å². The highest BCUT2D eigenvalue weighted by atomic mass is 32.1. The van der Waals surface area contributed by atoms with Gasteiger partial charge in [-0.25, -0.2) is 0 Å². The lowest BCUT2D eigenvalue weighted by atomic mass is 10.1. The fourth-order valence-corrected chi connectivity index (χ4v) is 1.29. The first-order valence-corrected chi connectivity index (χ1v) is 4.26. The first-order valence-electron chi connectivity index (χ1n) is 3.81. The van der Waals surface area contributed by atoms with Crippen molar-refractivity contribution in [2.75, 3.05) is 0 Å². The lowest BCUT2D eigenvalue weighted by Crippen LogP contribution is -1.94. The number of nitrogens with zero attached hydrogens (tertiary/aromatic N) is 1. The molecule has 1 nitrogen and oxygen atoms in total. The second kappa shape index (κ2) is 3.77. The zero-order valence-electron chi connectivity index (χ0n) is 6.91. The summed E-state index contributed by atoms with van der Waals surface area (Å²) in [6.45, 7) is 4.40. The molecular weight excluding hydrogens is 154 g/mol. The Morgan fingerprint density at radius 1 is 1.45 bits per heavy atom. The second-order valence-corrected chi connectivity index (χ2v) is 3.67. The summed E-state index contributed by atoms with van der Waals surface area (Å²) in [4.78, 5) is 5.01. The van der Waals surface area contributed by atoms with Crippen LogP contribution in [0.3, 0.4) is 0 Å². The third-order valence-corrected chi connectivity index (χ3v) is 1.67. The van der Waals surface area contributed by atoms with Gasteiger partial charge in [-0.05, 0) is 24.0 Å². The van der Waals surface area contributed by atoms with Gasteiger partial charge in [0.1, 0.15) is 0 Å². The van der Waals surface area contributed by atoms with E-state index in [1.807, 2.05) is 6.20 Å². The summed E-state index contributed by atoms with van der Waals surface area (Å²) in [5, 5.41) is 0. The molecule has 0 unspecified atom stereocenters. The summed E-state index contributed by atoms with van der Waals surface area (Å²) >= 11 is 4.21. The van der Waals surface area contributed by atoms with Crippen LogP contribution in [0.25, 0.3) is 0 Å². The Morgan fingerprint density at radius 2 is 2.18 bits per heavy atom. The average molecular weight is 167 g/mol. The monoisotopic (exact) mass is 167 g/mol. The van der Waals surface area contributed by atoms with Gasteiger partial charge in [0.15, 0.2) is 0 Å². The minimum atomic E-state index is 0.687. The molecule has 0 fully saturated rings. The number of hydrogen-bond donors (Lipinski definition) is 1. The Kier molecular flexibility index (Phi) is 2.94. The van der Waals surface area contributed by atoms with E-state index in [0.29, 0.717) is 5.92 Å². The lowest BCUT2D eigenvalue weighted by molar-refractivity contribution is 0.644. The molecule has 11 heavy (non-hydrogen) atoms. The minimum Gasteiger partial charge on any atom is -0.263 e. The molecule has 0 bridgehead atoms. The highest BCUT2D eigenvalue weighted by Gasteiger charge is 1.97. The van der Waals surface area contributed by atoms with E-state index in [-0.39, 0.29) is 0 Å². The van der Waals surface area contributed by atoms with Crippen molar-refractivity contribution in [3.05, 3.63) is 24.0 Å². The van der Waals surface area contributed by atoms with Crippen molar-refractivity contribution in [3.63, 3.8) is 0 Å². The van der Waals surface area contributed by atoms with Crippen molar-refractivity contribution >= 4 is 12.6 Å². The molecule has 1 aromatic rings. The molecule has 0 aliphatic carbocycles. The third kappa shape index (κ3) is 2.93. The standard InChI is InChI=1S/C9H13NS/c1-7(2)3-8-4-9(11)6-10-5-8/h4-7,11H,3H2,1-2H3. The van der Waals surface area contributed by atoms with Gasteiger partial charge in [0.2, 0.25) is 0 Å². The van der Waals surface area contributed by atoms with E-state index in [0.717, 1.165) is 11.3 Å². The number of thiol groups is 1. The predicted octanol–water partition coefficient (Wildman–Crippen LogP) is 2.57. The normalized spacial score (nSPS) is 10.5. The first-order chi connectivity index (χ1) is 5.18. The van der Waals surface area contributed by atoms with Gasteiger partial charge in [-0.2, -0.15) is 0 Å². The summed E-state index contributed by atoms with van der Waals surface area (Å²) in [6.07, 6.45) is 4.74. The quantitative estimate of drug-likeness (QED) is 0.668. The highest BCUT2D eigenvalue weighted by Crippen LogP contribution is 2.10. The van der Waals surface area contributed by atoms with E-state index in [1.54, 1.807) is 6.20 Å². The summed E-state index contributed by atoms with van der Waals surface area (Å²) in [5.74, 6) is 0.687. The molecule has 0 aliphatic rings. The molecule has 2 heteroatoms. The maximum Gasteiger partial charge on any atom is 0.0401 e. The van der Waals surface area contributed by atoms with Crippen LogP contribution in [0.1, 0.15) is 19.4 Å². The van der Waals surface area contributed by atoms with Crippen molar-refractivity contribution in [3.8, 4) is 0 Å². The average Bonchev–Trinajstić information content (AvgIpc) is 1.85. The zero-order valence-corrected chi connectivity index (χ0v) is 7.81. The van der Waals surface area contributed by atoms with Crippen LogP contribution < -0.4 is 0 Å². The highest BCUT2D eigenvalue weighted by molar-refractivity contribution is 7.80. The fraction of sp³-hybridized carbons (Fsp3) is 0.444. The molecule has 0 saturated heterocycles. The molecule has 0 atom stereocenters. The predicted molar refractivity (Wildman–Crippen MR) is 50.0 cm³/mol. The Labute approximate surface area is 73.3 Å². The van der Waals surface area contributed by atoms with Crippen LogP contribution >= 0.6 is 12.6 Å². The van der Waals surface area contributed by atoms with Crippen LogP contribution in [0, 0.1) is 5.92 Å². The van der Waals surface area contributed by atoms with Crippen LogP contribution in [0.5, 0.6) is 0 Å². The molecule has 0 saturated carbocycles. The molecule has 1 aromatic heterocycles. The summed E-state index contributed by atoms with van der Waals surface area (Å²) in [5.41, 5.74) is 1.27. The molecule has 0 aromatic carbocycles. The molecule has 0 amide bonds. The second-order valence-electron chi connectivity index (χ2n) is 3.15. The summed E-state index contributed by atoms with van der Waals surface area (Å²) < 4.78 is 0. The number of aromatic nitrogens is 1. The Balaban J connectivity index is 2.71. The first kappa shape index (κ1) is 8.60. The fourth-order valence-electron chi connectivity index (χ4n) is 1.06. The summed E-state index contributed by atoms with van der Waals surface area (Å²) in [7, 11) is 0. The molecule has 1 heterocycles. The van der Waals surface area contributed by atoms with E-state index >= 15 is 0 Å². The van der Waals surface area contributed by atoms with E-state index in [4.69, 9.17) is 0 Å². The SMILES string of the molecule is CC(C)Cc1cncc(S)c1. The van der Waals surface area contributed by atoms with E-state index < -0.39 is 0 Å². The van der Waals surface area contributed by atoms with Gasteiger partial charge in [0.25, 0.3) is 0 Å². The number of hydrogen-bond acceptors (Lipinski definition) is 2. The topological polar surface area (TPSA) is 12.9 Å². The van der Waals surface area contributed by atoms with Crippen molar-refractivity contribution in [2.24, 2.45) is 5.92 Å². The number of rotatable bonds is 2. The van der Waals surface area contributed by atoms with E-state index in [1.165, 1.54) is 5.56 Å². The van der Waals surface area contributed by atoms with Crippen molar-refractivity contribution < 1.29 is 0 Å². The van der Waals surface area contributed by atoms with Gasteiger partial charge in [-0.15, -0.1) is 12.6 Å². The Hall–Kier alpha value is -0.500. The zero-order chi connectivity index (χ0) is 8.27. The van der Waals surface area contributed by atoms with Gasteiger partial charge in [0.05, 0.1) is 0 Å². The van der Waals surface area contributed by atoms with Gasteiger partial charge < -0.3 is 0 Å². The molecular formula is C9H13NS. The van der Waals surface area contributed by atoms with Crippen LogP contribution in [0.2, 0.25) is 0 Å². The van der Waals surface area contributed by atoms with Gasteiger partial charge >= 0.3 is 0 Å².